The summed E-state index contributed by atoms with van der Waals surface area (Å²) in [4.78, 5) is 13.3. The van der Waals surface area contributed by atoms with Crippen LogP contribution in [-0.4, -0.2) is 30.7 Å². The van der Waals surface area contributed by atoms with E-state index in [4.69, 9.17) is 0 Å². The molecule has 1 aliphatic rings. The standard InChI is InChI=1S/C20H23N5O/c1-13-23-19(16-9-18(26)10-16)11-20(24-13)22-12-15-3-5-17(6-4-15)25-8-7-21-14(25)2/h3-8,11,16,18,26H,9-10,12H2,1-2H3,(H,22,23,24). The molecule has 134 valence electrons. The van der Waals surface area contributed by atoms with E-state index in [0.717, 1.165) is 41.7 Å². The van der Waals surface area contributed by atoms with Crippen LogP contribution in [0.3, 0.4) is 0 Å². The first-order valence-corrected chi connectivity index (χ1v) is 8.95. The van der Waals surface area contributed by atoms with E-state index in [-0.39, 0.29) is 6.10 Å². The molecule has 6 heteroatoms. The van der Waals surface area contributed by atoms with Gasteiger partial charge in [0, 0.05) is 42.3 Å². The number of hydrogen-bond donors (Lipinski definition) is 2. The van der Waals surface area contributed by atoms with Gasteiger partial charge in [-0.1, -0.05) is 12.1 Å². The van der Waals surface area contributed by atoms with Crippen LogP contribution in [0.15, 0.2) is 42.7 Å². The molecule has 2 aromatic heterocycles. The van der Waals surface area contributed by atoms with Crippen LogP contribution in [-0.2, 0) is 6.54 Å². The highest BCUT2D eigenvalue weighted by molar-refractivity contribution is 5.41. The number of rotatable bonds is 5. The van der Waals surface area contributed by atoms with E-state index in [9.17, 15) is 5.11 Å². The van der Waals surface area contributed by atoms with E-state index in [2.05, 4.69) is 49.1 Å². The second kappa shape index (κ2) is 6.88. The number of aryl methyl sites for hydroxylation is 2. The Kier molecular flexibility index (Phi) is 4.42. The average Bonchev–Trinajstić information content (AvgIpc) is 3.03. The van der Waals surface area contributed by atoms with Crippen molar-refractivity contribution in [3.05, 3.63) is 65.6 Å². The number of anilines is 1. The van der Waals surface area contributed by atoms with Gasteiger partial charge in [0.05, 0.1) is 6.10 Å². The molecule has 0 radical (unpaired) electrons. The minimum Gasteiger partial charge on any atom is -0.393 e. The van der Waals surface area contributed by atoms with Crippen molar-refractivity contribution in [2.75, 3.05) is 5.32 Å². The van der Waals surface area contributed by atoms with Crippen LogP contribution in [0, 0.1) is 13.8 Å². The molecule has 0 bridgehead atoms. The third kappa shape index (κ3) is 3.46. The molecule has 0 saturated heterocycles. The summed E-state index contributed by atoms with van der Waals surface area (Å²) in [6.07, 6.45) is 5.19. The zero-order chi connectivity index (χ0) is 18.1. The molecule has 0 unspecified atom stereocenters. The maximum absolute atomic E-state index is 9.51. The summed E-state index contributed by atoms with van der Waals surface area (Å²) in [5, 5.41) is 12.9. The van der Waals surface area contributed by atoms with E-state index in [1.807, 2.05) is 26.1 Å². The van der Waals surface area contributed by atoms with Crippen LogP contribution in [0.25, 0.3) is 5.69 Å². The van der Waals surface area contributed by atoms with Crippen LogP contribution in [0.5, 0.6) is 0 Å². The third-order valence-corrected chi connectivity index (χ3v) is 4.90. The molecule has 4 rings (SSSR count). The van der Waals surface area contributed by atoms with Crippen LogP contribution in [0.4, 0.5) is 5.82 Å². The molecule has 0 atom stereocenters. The monoisotopic (exact) mass is 349 g/mol. The fourth-order valence-electron chi connectivity index (χ4n) is 3.34. The second-order valence-electron chi connectivity index (χ2n) is 6.91. The molecule has 1 aromatic carbocycles. The Labute approximate surface area is 153 Å². The topological polar surface area (TPSA) is 75.9 Å². The third-order valence-electron chi connectivity index (χ3n) is 4.90. The minimum absolute atomic E-state index is 0.177. The number of benzene rings is 1. The molecule has 1 saturated carbocycles. The van der Waals surface area contributed by atoms with Gasteiger partial charge in [-0.2, -0.15) is 0 Å². The first kappa shape index (κ1) is 16.7. The van der Waals surface area contributed by atoms with Gasteiger partial charge < -0.3 is 15.0 Å². The Morgan fingerprint density at radius 3 is 2.58 bits per heavy atom. The number of aliphatic hydroxyl groups excluding tert-OH is 1. The van der Waals surface area contributed by atoms with Crippen molar-refractivity contribution in [3.8, 4) is 5.69 Å². The number of hydrogen-bond acceptors (Lipinski definition) is 5. The molecule has 3 aromatic rings. The normalized spacial score (nSPS) is 19.2. The molecule has 6 nitrogen and oxygen atoms in total. The van der Waals surface area contributed by atoms with Gasteiger partial charge >= 0.3 is 0 Å². The van der Waals surface area contributed by atoms with Gasteiger partial charge in [0.1, 0.15) is 17.5 Å². The summed E-state index contributed by atoms with van der Waals surface area (Å²) in [5.74, 6) is 2.92. The zero-order valence-electron chi connectivity index (χ0n) is 15.1. The summed E-state index contributed by atoms with van der Waals surface area (Å²) < 4.78 is 2.06. The van der Waals surface area contributed by atoms with E-state index in [0.29, 0.717) is 12.5 Å². The molecule has 1 fully saturated rings. The number of imidazole rings is 1. The van der Waals surface area contributed by atoms with Crippen molar-refractivity contribution in [2.24, 2.45) is 0 Å². The first-order valence-electron chi connectivity index (χ1n) is 8.95. The predicted octanol–water partition coefficient (Wildman–Crippen LogP) is 3.13. The first-order chi connectivity index (χ1) is 12.6. The Hall–Kier alpha value is -2.73. The van der Waals surface area contributed by atoms with E-state index < -0.39 is 0 Å². The highest BCUT2D eigenvalue weighted by Gasteiger charge is 2.30. The Morgan fingerprint density at radius 2 is 1.92 bits per heavy atom. The smallest absolute Gasteiger partial charge is 0.130 e. The van der Waals surface area contributed by atoms with Crippen LogP contribution in [0.1, 0.15) is 41.7 Å². The molecule has 2 heterocycles. The summed E-state index contributed by atoms with van der Waals surface area (Å²) in [6.45, 7) is 4.60. The Bertz CT molecular complexity index is 897. The highest BCUT2D eigenvalue weighted by atomic mass is 16.3. The van der Waals surface area contributed by atoms with E-state index in [1.54, 1.807) is 6.20 Å². The zero-order valence-corrected chi connectivity index (χ0v) is 15.1. The van der Waals surface area contributed by atoms with Gasteiger partial charge in [0.15, 0.2) is 0 Å². The molecule has 26 heavy (non-hydrogen) atoms. The lowest BCUT2D eigenvalue weighted by Gasteiger charge is -2.31. The number of nitrogens with zero attached hydrogens (tertiary/aromatic N) is 4. The minimum atomic E-state index is -0.177. The highest BCUT2D eigenvalue weighted by Crippen LogP contribution is 2.36. The summed E-state index contributed by atoms with van der Waals surface area (Å²) in [7, 11) is 0. The molecular weight excluding hydrogens is 326 g/mol. The summed E-state index contributed by atoms with van der Waals surface area (Å²) >= 11 is 0. The molecular formula is C20H23N5O. The van der Waals surface area contributed by atoms with E-state index in [1.165, 1.54) is 5.56 Å². The Balaban J connectivity index is 1.43. The summed E-state index contributed by atoms with van der Waals surface area (Å²) in [6, 6.07) is 10.4. The predicted molar refractivity (Wildman–Crippen MR) is 100 cm³/mol. The van der Waals surface area contributed by atoms with Gasteiger partial charge in [0.25, 0.3) is 0 Å². The number of aliphatic hydroxyl groups is 1. The van der Waals surface area contributed by atoms with Gasteiger partial charge in [-0.15, -0.1) is 0 Å². The lowest BCUT2D eigenvalue weighted by molar-refractivity contribution is 0.0731. The maximum atomic E-state index is 9.51. The van der Waals surface area contributed by atoms with Crippen molar-refractivity contribution < 1.29 is 5.11 Å². The van der Waals surface area contributed by atoms with Crippen molar-refractivity contribution in [1.82, 2.24) is 19.5 Å². The molecule has 0 aliphatic heterocycles. The Morgan fingerprint density at radius 1 is 1.15 bits per heavy atom. The quantitative estimate of drug-likeness (QED) is 0.740. The van der Waals surface area contributed by atoms with Gasteiger partial charge in [-0.3, -0.25) is 0 Å². The summed E-state index contributed by atoms with van der Waals surface area (Å²) in [5.41, 5.74) is 3.31. The van der Waals surface area contributed by atoms with Crippen molar-refractivity contribution in [2.45, 2.75) is 45.3 Å². The fraction of sp³-hybridized carbons (Fsp3) is 0.350. The molecule has 0 amide bonds. The van der Waals surface area contributed by atoms with Gasteiger partial charge in [-0.25, -0.2) is 15.0 Å². The molecule has 0 spiro atoms. The largest absolute Gasteiger partial charge is 0.393 e. The van der Waals surface area contributed by atoms with E-state index >= 15 is 0 Å². The lowest BCUT2D eigenvalue weighted by Crippen LogP contribution is -2.27. The van der Waals surface area contributed by atoms with Crippen LogP contribution >= 0.6 is 0 Å². The van der Waals surface area contributed by atoms with Gasteiger partial charge in [-0.05, 0) is 44.4 Å². The van der Waals surface area contributed by atoms with Crippen LogP contribution < -0.4 is 5.32 Å². The van der Waals surface area contributed by atoms with Crippen LogP contribution in [0.2, 0.25) is 0 Å². The SMILES string of the molecule is Cc1nc(NCc2ccc(-n3ccnc3C)cc2)cc(C2CC(O)C2)n1. The van der Waals surface area contributed by atoms with Gasteiger partial charge in [0.2, 0.25) is 0 Å². The van der Waals surface area contributed by atoms with Crippen molar-refractivity contribution in [1.29, 1.82) is 0 Å². The molecule has 1 aliphatic carbocycles. The second-order valence-corrected chi connectivity index (χ2v) is 6.91. The molecule has 2 N–H and O–H groups in total. The average molecular weight is 349 g/mol. The number of nitrogens with one attached hydrogen (secondary N) is 1. The lowest BCUT2D eigenvalue weighted by atomic mass is 9.80. The maximum Gasteiger partial charge on any atom is 0.130 e. The number of aromatic nitrogens is 4. The fourth-order valence-corrected chi connectivity index (χ4v) is 3.34. The van der Waals surface area contributed by atoms with Crippen molar-refractivity contribution >= 4 is 5.82 Å². The van der Waals surface area contributed by atoms with Crippen molar-refractivity contribution in [3.63, 3.8) is 0 Å².